The molecular weight excluding hydrogens is 258 g/mol. The summed E-state index contributed by atoms with van der Waals surface area (Å²) in [5.74, 6) is -0.457. The first-order chi connectivity index (χ1) is 8.13. The first kappa shape index (κ1) is 14.0. The highest BCUT2D eigenvalue weighted by atomic mass is 35.5. The van der Waals surface area contributed by atoms with E-state index in [0.29, 0.717) is 16.8 Å². The molecule has 0 unspecified atom stereocenters. The molecule has 18 heavy (non-hydrogen) atoms. The number of ether oxygens (including phenoxy) is 1. The highest BCUT2D eigenvalue weighted by Crippen LogP contribution is 2.13. The molecule has 7 heteroatoms. The van der Waals surface area contributed by atoms with Gasteiger partial charge in [-0.2, -0.15) is 0 Å². The number of nitrogens with one attached hydrogen (secondary N) is 1. The van der Waals surface area contributed by atoms with Crippen molar-refractivity contribution in [2.45, 2.75) is 0 Å². The minimum absolute atomic E-state index is 0. The van der Waals surface area contributed by atoms with Crippen LogP contribution in [0.2, 0.25) is 0 Å². The number of esters is 1. The lowest BCUT2D eigenvalue weighted by molar-refractivity contribution is 0.0600. The third-order valence-electron chi connectivity index (χ3n) is 2.39. The molecule has 0 fully saturated rings. The molecule has 0 spiro atoms. The Kier molecular flexibility index (Phi) is 4.28. The molecule has 0 saturated carbocycles. The summed E-state index contributed by atoms with van der Waals surface area (Å²) in [6.07, 6.45) is 3.01. The topological polar surface area (TPSA) is 77.0 Å². The van der Waals surface area contributed by atoms with Crippen LogP contribution in [0.5, 0.6) is 0 Å². The van der Waals surface area contributed by atoms with E-state index in [1.54, 1.807) is 13.2 Å². The predicted molar refractivity (Wildman–Crippen MR) is 67.9 cm³/mol. The summed E-state index contributed by atoms with van der Waals surface area (Å²) in [5.41, 5.74) is 1.02. The Labute approximate surface area is 109 Å². The highest BCUT2D eigenvalue weighted by molar-refractivity contribution is 5.90. The van der Waals surface area contributed by atoms with Gasteiger partial charge in [-0.15, -0.1) is 12.4 Å². The first-order valence-corrected chi connectivity index (χ1v) is 4.92. The summed E-state index contributed by atoms with van der Waals surface area (Å²) >= 11 is 0. The molecule has 0 atom stereocenters. The number of aromatic amines is 1. The van der Waals surface area contributed by atoms with E-state index in [1.807, 2.05) is 0 Å². The molecule has 2 rings (SSSR count). The number of halogens is 1. The summed E-state index contributed by atoms with van der Waals surface area (Å²) in [6, 6.07) is 3.06. The molecule has 2 heterocycles. The number of rotatable bonds is 2. The largest absolute Gasteiger partial charge is 0.465 e. The van der Waals surface area contributed by atoms with E-state index in [4.69, 9.17) is 0 Å². The average Bonchev–Trinajstić information content (AvgIpc) is 2.69. The number of hydrogen-bond acceptors (Lipinski definition) is 4. The van der Waals surface area contributed by atoms with Gasteiger partial charge in [-0.05, 0) is 12.1 Å². The second-order valence-corrected chi connectivity index (χ2v) is 3.47. The first-order valence-electron chi connectivity index (χ1n) is 4.92. The Morgan fingerprint density at radius 2 is 2.22 bits per heavy atom. The minimum Gasteiger partial charge on any atom is -0.465 e. The molecule has 0 aliphatic carbocycles. The number of pyridine rings is 1. The molecule has 0 bridgehead atoms. The van der Waals surface area contributed by atoms with E-state index in [0.717, 1.165) is 0 Å². The van der Waals surface area contributed by atoms with Crippen molar-refractivity contribution in [2.75, 3.05) is 7.11 Å². The molecule has 2 aromatic heterocycles. The van der Waals surface area contributed by atoms with Crippen LogP contribution < -0.4 is 5.56 Å². The van der Waals surface area contributed by atoms with Gasteiger partial charge < -0.3 is 9.84 Å². The summed E-state index contributed by atoms with van der Waals surface area (Å²) in [5, 5.41) is 2.75. The summed E-state index contributed by atoms with van der Waals surface area (Å²) in [7, 11) is 2.91. The number of hydrogen-bond donors (Lipinski definition) is 1. The van der Waals surface area contributed by atoms with Crippen LogP contribution in [0.1, 0.15) is 10.4 Å². The highest BCUT2D eigenvalue weighted by Gasteiger charge is 2.11. The van der Waals surface area contributed by atoms with Gasteiger partial charge in [0.2, 0.25) is 0 Å². The second kappa shape index (κ2) is 5.50. The van der Waals surface area contributed by atoms with Gasteiger partial charge in [0.1, 0.15) is 0 Å². The van der Waals surface area contributed by atoms with Crippen LogP contribution in [0, 0.1) is 0 Å². The molecule has 96 valence electrons. The van der Waals surface area contributed by atoms with Crippen molar-refractivity contribution in [3.8, 4) is 11.3 Å². The molecule has 6 nitrogen and oxygen atoms in total. The fourth-order valence-electron chi connectivity index (χ4n) is 1.47. The maximum Gasteiger partial charge on any atom is 0.337 e. The van der Waals surface area contributed by atoms with Crippen LogP contribution in [0.25, 0.3) is 11.3 Å². The molecule has 2 aromatic rings. The number of carbonyl (C=O) groups excluding carboxylic acids is 1. The Balaban J connectivity index is 0.00000162. The van der Waals surface area contributed by atoms with Crippen molar-refractivity contribution in [2.24, 2.45) is 7.05 Å². The van der Waals surface area contributed by atoms with Crippen molar-refractivity contribution >= 4 is 18.4 Å². The van der Waals surface area contributed by atoms with Gasteiger partial charge in [0.15, 0.2) is 0 Å². The van der Waals surface area contributed by atoms with Crippen LogP contribution in [0.15, 0.2) is 29.3 Å². The number of methoxy groups -OCH3 is 1. The van der Waals surface area contributed by atoms with Gasteiger partial charge in [-0.1, -0.05) is 0 Å². The van der Waals surface area contributed by atoms with Gasteiger partial charge in [-0.3, -0.25) is 14.5 Å². The fraction of sp³-hybridized carbons (Fsp3) is 0.182. The lowest BCUT2D eigenvalue weighted by atomic mass is 10.1. The van der Waals surface area contributed by atoms with Crippen molar-refractivity contribution in [1.29, 1.82) is 0 Å². The Morgan fingerprint density at radius 1 is 1.50 bits per heavy atom. The Bertz CT molecular complexity index is 618. The van der Waals surface area contributed by atoms with Crippen molar-refractivity contribution in [3.05, 3.63) is 40.4 Å². The standard InChI is InChI=1S/C11H11N3O3.ClH/c1-14-10(15)8(6-13-14)9-5-7(3-4-12-9)11(16)17-2;/h3-6,13H,1-2H3;1H. The molecule has 0 aliphatic heterocycles. The maximum atomic E-state index is 11.7. The maximum absolute atomic E-state index is 11.7. The molecule has 0 amide bonds. The third-order valence-corrected chi connectivity index (χ3v) is 2.39. The monoisotopic (exact) mass is 269 g/mol. The number of nitrogens with zero attached hydrogens (tertiary/aromatic N) is 2. The third kappa shape index (κ3) is 2.43. The zero-order valence-corrected chi connectivity index (χ0v) is 10.7. The van der Waals surface area contributed by atoms with Gasteiger partial charge >= 0.3 is 5.97 Å². The van der Waals surface area contributed by atoms with Gasteiger partial charge in [0, 0.05) is 19.4 Å². The predicted octanol–water partition coefficient (Wildman–Crippen LogP) is 0.984. The lowest BCUT2D eigenvalue weighted by Crippen LogP contribution is -2.13. The molecule has 0 radical (unpaired) electrons. The smallest absolute Gasteiger partial charge is 0.337 e. The quantitative estimate of drug-likeness (QED) is 0.825. The van der Waals surface area contributed by atoms with Crippen molar-refractivity contribution in [3.63, 3.8) is 0 Å². The number of aryl methyl sites for hydroxylation is 1. The SMILES string of the molecule is COC(=O)c1ccnc(-c2c[nH]n(C)c2=O)c1.Cl. The molecular formula is C11H12ClN3O3. The summed E-state index contributed by atoms with van der Waals surface area (Å²) in [6.45, 7) is 0. The average molecular weight is 270 g/mol. The van der Waals surface area contributed by atoms with Crippen LogP contribution in [-0.2, 0) is 11.8 Å². The number of H-pyrrole nitrogens is 1. The minimum atomic E-state index is -0.457. The van der Waals surface area contributed by atoms with Gasteiger partial charge in [0.25, 0.3) is 5.56 Å². The van der Waals surface area contributed by atoms with Crippen molar-refractivity contribution in [1.82, 2.24) is 14.8 Å². The summed E-state index contributed by atoms with van der Waals surface area (Å²) < 4.78 is 5.94. The van der Waals surface area contributed by atoms with E-state index in [-0.39, 0.29) is 18.0 Å². The van der Waals surface area contributed by atoms with Crippen LogP contribution in [0.3, 0.4) is 0 Å². The second-order valence-electron chi connectivity index (χ2n) is 3.47. The molecule has 1 N–H and O–H groups in total. The van der Waals surface area contributed by atoms with E-state index >= 15 is 0 Å². The van der Waals surface area contributed by atoms with Crippen molar-refractivity contribution < 1.29 is 9.53 Å². The van der Waals surface area contributed by atoms with E-state index in [1.165, 1.54) is 30.1 Å². The Morgan fingerprint density at radius 3 is 2.78 bits per heavy atom. The van der Waals surface area contributed by atoms with Gasteiger partial charge in [-0.25, -0.2) is 4.79 Å². The summed E-state index contributed by atoms with van der Waals surface area (Å²) in [4.78, 5) is 27.1. The van der Waals surface area contributed by atoms with Crippen LogP contribution in [-0.4, -0.2) is 27.8 Å². The zero-order valence-electron chi connectivity index (χ0n) is 9.84. The van der Waals surface area contributed by atoms with Crippen LogP contribution >= 0.6 is 12.4 Å². The van der Waals surface area contributed by atoms with E-state index in [2.05, 4.69) is 14.8 Å². The fourth-order valence-corrected chi connectivity index (χ4v) is 1.47. The van der Waals surface area contributed by atoms with Gasteiger partial charge in [0.05, 0.1) is 23.9 Å². The van der Waals surface area contributed by atoms with E-state index in [9.17, 15) is 9.59 Å². The molecule has 0 aromatic carbocycles. The molecule has 0 saturated heterocycles. The zero-order chi connectivity index (χ0) is 12.4. The lowest BCUT2D eigenvalue weighted by Gasteiger charge is -2.00. The van der Waals surface area contributed by atoms with E-state index < -0.39 is 5.97 Å². The molecule has 0 aliphatic rings. The number of aromatic nitrogens is 3. The number of carbonyl (C=O) groups is 1. The van der Waals surface area contributed by atoms with Crippen LogP contribution in [0.4, 0.5) is 0 Å². The Hall–Kier alpha value is -2.08. The normalized spacial score (nSPS) is 9.67.